The fourth-order valence-corrected chi connectivity index (χ4v) is 3.70. The fourth-order valence-electron chi connectivity index (χ4n) is 3.70. The zero-order valence-electron chi connectivity index (χ0n) is 16.7. The molecule has 152 valence electrons. The average Bonchev–Trinajstić information content (AvgIpc) is 3.18. The lowest BCUT2D eigenvalue weighted by atomic mass is 9.98. The molecule has 1 unspecified atom stereocenters. The second-order valence-corrected chi connectivity index (χ2v) is 7.62. The summed E-state index contributed by atoms with van der Waals surface area (Å²) in [6.45, 7) is 4.46. The summed E-state index contributed by atoms with van der Waals surface area (Å²) in [5.41, 5.74) is 11.1. The molecule has 1 atom stereocenters. The number of ether oxygens (including phenoxy) is 1. The first-order chi connectivity index (χ1) is 14.0. The third-order valence-corrected chi connectivity index (χ3v) is 5.45. The number of carbonyl (C=O) groups excluding carboxylic acids is 1. The molecule has 0 spiro atoms. The Morgan fingerprint density at radius 1 is 1.28 bits per heavy atom. The number of nitrogen functional groups attached to an aromatic ring is 1. The smallest absolute Gasteiger partial charge is 0.226 e. The Labute approximate surface area is 169 Å². The second kappa shape index (κ2) is 8.26. The first-order valence-electron chi connectivity index (χ1n) is 9.80. The third-order valence-electron chi connectivity index (χ3n) is 5.45. The number of ketones is 1. The van der Waals surface area contributed by atoms with Gasteiger partial charge in [0, 0.05) is 42.8 Å². The molecule has 3 heterocycles. The van der Waals surface area contributed by atoms with E-state index in [2.05, 4.69) is 27.2 Å². The monoisotopic (exact) mass is 395 g/mol. The lowest BCUT2D eigenvalue weighted by Gasteiger charge is -2.29. The lowest BCUT2D eigenvalue weighted by molar-refractivity contribution is -0.0233. The van der Waals surface area contributed by atoms with Crippen molar-refractivity contribution < 1.29 is 14.2 Å². The summed E-state index contributed by atoms with van der Waals surface area (Å²) in [4.78, 5) is 19.2. The number of fused-ring (bicyclic) bond motifs is 1. The van der Waals surface area contributed by atoms with Gasteiger partial charge in [-0.05, 0) is 36.3 Å². The topological polar surface area (TPSA) is 107 Å². The third kappa shape index (κ3) is 4.28. The normalized spacial score (nSPS) is 17.7. The summed E-state index contributed by atoms with van der Waals surface area (Å²) in [5.74, 6) is 0.140. The van der Waals surface area contributed by atoms with Crippen molar-refractivity contribution in [2.75, 3.05) is 32.5 Å². The number of nitrogens with two attached hydrogens (primary N) is 1. The van der Waals surface area contributed by atoms with Gasteiger partial charge < -0.3 is 15.4 Å². The second-order valence-electron chi connectivity index (χ2n) is 7.62. The summed E-state index contributed by atoms with van der Waals surface area (Å²) in [6.07, 6.45) is 1.97. The predicted molar refractivity (Wildman–Crippen MR) is 109 cm³/mol. The highest BCUT2D eigenvalue weighted by Crippen LogP contribution is 2.26. The highest BCUT2D eigenvalue weighted by molar-refractivity contribution is 5.96. The minimum Gasteiger partial charge on any atom is -0.396 e. The zero-order valence-corrected chi connectivity index (χ0v) is 16.7. The molecule has 1 fully saturated rings. The highest BCUT2D eigenvalue weighted by Gasteiger charge is 2.19. The Kier molecular flexibility index (Phi) is 5.55. The molecular formula is C21H25N5O3. The number of likely N-dealkylation sites (N-methyl/N-ethyl adjacent to an activating group) is 1. The Balaban J connectivity index is 1.41. The minimum absolute atomic E-state index is 0.136. The zero-order chi connectivity index (χ0) is 20.4. The summed E-state index contributed by atoms with van der Waals surface area (Å²) < 4.78 is 10.5. The van der Waals surface area contributed by atoms with Gasteiger partial charge in [0.1, 0.15) is 0 Å². The van der Waals surface area contributed by atoms with Gasteiger partial charge in [-0.15, -0.1) is 0 Å². The van der Waals surface area contributed by atoms with Crippen LogP contribution in [0.15, 0.2) is 28.9 Å². The fraction of sp³-hybridized carbons (Fsp3) is 0.429. The van der Waals surface area contributed by atoms with E-state index in [4.69, 9.17) is 15.1 Å². The van der Waals surface area contributed by atoms with Crippen molar-refractivity contribution >= 4 is 22.6 Å². The van der Waals surface area contributed by atoms with Gasteiger partial charge in [-0.25, -0.2) is 9.61 Å². The van der Waals surface area contributed by atoms with Crippen LogP contribution in [0.5, 0.6) is 0 Å². The van der Waals surface area contributed by atoms with Crippen LogP contribution < -0.4 is 5.73 Å². The maximum absolute atomic E-state index is 12.5. The number of anilines is 1. The van der Waals surface area contributed by atoms with E-state index in [1.54, 1.807) is 0 Å². The Hall–Kier alpha value is -2.84. The molecule has 0 bridgehead atoms. The molecule has 3 aromatic rings. The van der Waals surface area contributed by atoms with E-state index in [1.807, 2.05) is 31.2 Å². The summed E-state index contributed by atoms with van der Waals surface area (Å²) in [5, 5.41) is 7.58. The number of aromatic nitrogens is 3. The number of pyridine rings is 1. The van der Waals surface area contributed by atoms with E-state index in [1.165, 1.54) is 0 Å². The van der Waals surface area contributed by atoms with Gasteiger partial charge in [-0.1, -0.05) is 24.3 Å². The summed E-state index contributed by atoms with van der Waals surface area (Å²) >= 11 is 0. The van der Waals surface area contributed by atoms with Crippen molar-refractivity contribution in [3.8, 4) is 0 Å². The molecule has 1 aliphatic heterocycles. The van der Waals surface area contributed by atoms with E-state index in [-0.39, 0.29) is 11.9 Å². The maximum atomic E-state index is 12.5. The number of morpholine rings is 1. The Morgan fingerprint density at radius 2 is 2.07 bits per heavy atom. The van der Waals surface area contributed by atoms with Crippen molar-refractivity contribution in [1.82, 2.24) is 20.2 Å². The highest BCUT2D eigenvalue weighted by atomic mass is 16.6. The van der Waals surface area contributed by atoms with E-state index in [0.29, 0.717) is 29.7 Å². The van der Waals surface area contributed by atoms with Crippen molar-refractivity contribution in [2.24, 2.45) is 0 Å². The van der Waals surface area contributed by atoms with Crippen LogP contribution in [-0.4, -0.2) is 58.8 Å². The van der Waals surface area contributed by atoms with Gasteiger partial charge in [0.15, 0.2) is 11.3 Å². The van der Waals surface area contributed by atoms with Crippen molar-refractivity contribution in [3.63, 3.8) is 0 Å². The molecule has 0 amide bonds. The molecule has 1 aromatic carbocycles. The van der Waals surface area contributed by atoms with Crippen molar-refractivity contribution in [1.29, 1.82) is 0 Å². The van der Waals surface area contributed by atoms with Crippen LogP contribution in [0.25, 0.3) is 11.2 Å². The van der Waals surface area contributed by atoms with Crippen LogP contribution >= 0.6 is 0 Å². The molecule has 0 saturated carbocycles. The predicted octanol–water partition coefficient (Wildman–Crippen LogP) is 2.39. The minimum atomic E-state index is 0.136. The number of nitrogens with zero attached hydrogens (tertiary/aromatic N) is 4. The first kappa shape index (κ1) is 19.5. The van der Waals surface area contributed by atoms with Gasteiger partial charge >= 0.3 is 0 Å². The largest absolute Gasteiger partial charge is 0.396 e. The van der Waals surface area contributed by atoms with Gasteiger partial charge in [-0.2, -0.15) is 0 Å². The Bertz CT molecular complexity index is 1020. The quantitative estimate of drug-likeness (QED) is 0.634. The molecule has 1 saturated heterocycles. The lowest BCUT2D eigenvalue weighted by Crippen LogP contribution is -2.40. The Morgan fingerprint density at radius 3 is 2.83 bits per heavy atom. The number of hydrogen-bond acceptors (Lipinski definition) is 8. The van der Waals surface area contributed by atoms with Crippen molar-refractivity contribution in [3.05, 3.63) is 46.6 Å². The molecule has 0 aliphatic carbocycles. The molecular weight excluding hydrogens is 370 g/mol. The van der Waals surface area contributed by atoms with Gasteiger partial charge in [0.25, 0.3) is 0 Å². The molecule has 8 heteroatoms. The van der Waals surface area contributed by atoms with E-state index in [9.17, 15) is 4.79 Å². The number of carbonyl (C=O) groups is 1. The molecule has 8 nitrogen and oxygen atoms in total. The summed E-state index contributed by atoms with van der Waals surface area (Å²) in [6, 6.07) is 7.67. The van der Waals surface area contributed by atoms with Crippen LogP contribution in [0.4, 0.5) is 5.69 Å². The summed E-state index contributed by atoms with van der Waals surface area (Å²) in [7, 11) is 2.08. The number of benzene rings is 1. The van der Waals surface area contributed by atoms with Crippen molar-refractivity contribution in [2.45, 2.75) is 32.3 Å². The SMILES string of the molecule is Cc1nc2nonc2c(N)c1Cc1ccc(C(=O)CCC2CN(C)CCO2)cc1. The molecule has 0 radical (unpaired) electrons. The molecule has 1 aliphatic rings. The van der Waals surface area contributed by atoms with Crippen LogP contribution in [0, 0.1) is 6.92 Å². The number of Topliss-reactive ketones (excluding diaryl/α,β-unsaturated/α-hetero) is 1. The molecule has 29 heavy (non-hydrogen) atoms. The molecule has 2 N–H and O–H groups in total. The van der Waals surface area contributed by atoms with Crippen LogP contribution in [0.1, 0.15) is 40.0 Å². The van der Waals surface area contributed by atoms with Crippen LogP contribution in [0.3, 0.4) is 0 Å². The van der Waals surface area contributed by atoms with E-state index >= 15 is 0 Å². The van der Waals surface area contributed by atoms with E-state index in [0.717, 1.165) is 48.5 Å². The van der Waals surface area contributed by atoms with Crippen LogP contribution in [-0.2, 0) is 11.2 Å². The molecule has 2 aromatic heterocycles. The molecule has 4 rings (SSSR count). The number of rotatable bonds is 6. The van der Waals surface area contributed by atoms with Gasteiger partial charge in [-0.3, -0.25) is 4.79 Å². The average molecular weight is 395 g/mol. The number of aryl methyl sites for hydroxylation is 1. The van der Waals surface area contributed by atoms with Gasteiger partial charge in [0.2, 0.25) is 5.65 Å². The van der Waals surface area contributed by atoms with Crippen LogP contribution in [0.2, 0.25) is 0 Å². The standard InChI is InChI=1S/C21H25N5O3/c1-13-17(19(22)20-21(23-13)25-29-24-20)11-14-3-5-15(6-4-14)18(27)8-7-16-12-26(2)9-10-28-16/h3-6,16H,7-12,22H2,1-2H3. The van der Waals surface area contributed by atoms with E-state index < -0.39 is 0 Å². The maximum Gasteiger partial charge on any atom is 0.226 e. The number of hydrogen-bond donors (Lipinski definition) is 1. The van der Waals surface area contributed by atoms with Gasteiger partial charge in [0.05, 0.1) is 18.4 Å². The first-order valence-corrected chi connectivity index (χ1v) is 9.80.